The molecule has 8 nitrogen and oxygen atoms in total. The highest BCUT2D eigenvalue weighted by Crippen LogP contribution is 2.14. The number of nitrogens with one attached hydrogen (secondary N) is 2. The van der Waals surface area contributed by atoms with Gasteiger partial charge in [0.05, 0.1) is 18.8 Å². The predicted molar refractivity (Wildman–Crippen MR) is 86.0 cm³/mol. The monoisotopic (exact) mass is 317 g/mol. The number of amides is 1. The van der Waals surface area contributed by atoms with Crippen LogP contribution in [0.15, 0.2) is 18.6 Å². The first kappa shape index (κ1) is 15.7. The van der Waals surface area contributed by atoms with Crippen LogP contribution in [-0.4, -0.2) is 42.5 Å². The van der Waals surface area contributed by atoms with Crippen LogP contribution >= 0.6 is 0 Å². The summed E-state index contributed by atoms with van der Waals surface area (Å²) in [6.45, 7) is 6.68. The molecule has 0 aliphatic carbocycles. The zero-order valence-electron chi connectivity index (χ0n) is 13.7. The number of fused-ring (bicyclic) bond motifs is 1. The van der Waals surface area contributed by atoms with Crippen molar-refractivity contribution in [3.8, 4) is 0 Å². The van der Waals surface area contributed by atoms with Crippen molar-refractivity contribution in [3.63, 3.8) is 0 Å². The number of anilines is 1. The maximum atomic E-state index is 12.4. The van der Waals surface area contributed by atoms with E-state index in [0.29, 0.717) is 0 Å². The third kappa shape index (κ3) is 3.42. The molecule has 0 fully saturated rings. The highest BCUT2D eigenvalue weighted by atomic mass is 16.2. The second kappa shape index (κ2) is 6.49. The summed E-state index contributed by atoms with van der Waals surface area (Å²) in [5.41, 5.74) is 0. The highest BCUT2D eigenvalue weighted by Gasteiger charge is 2.24. The van der Waals surface area contributed by atoms with Crippen LogP contribution in [-0.2, 0) is 17.8 Å². The lowest BCUT2D eigenvalue weighted by Gasteiger charge is -2.26. The molecule has 23 heavy (non-hydrogen) atoms. The fourth-order valence-corrected chi connectivity index (χ4v) is 2.86. The molecule has 1 amide bonds. The first-order valence-corrected chi connectivity index (χ1v) is 8.01. The lowest BCUT2D eigenvalue weighted by Crippen LogP contribution is -2.47. The summed E-state index contributed by atoms with van der Waals surface area (Å²) in [7, 11) is 0. The molecule has 124 valence electrons. The average Bonchev–Trinajstić information content (AvgIpc) is 3.15. The third-order valence-corrected chi connectivity index (χ3v) is 4.10. The van der Waals surface area contributed by atoms with Gasteiger partial charge in [-0.3, -0.25) is 4.79 Å². The summed E-state index contributed by atoms with van der Waals surface area (Å²) in [6, 6.07) is 1.94. The molecule has 0 saturated carbocycles. The van der Waals surface area contributed by atoms with Gasteiger partial charge in [0.2, 0.25) is 5.91 Å². The van der Waals surface area contributed by atoms with Crippen LogP contribution in [0.25, 0.3) is 0 Å². The standard InChI is InChI=1S/C15H23N7O/c1-10(2)22-14(6-7-17-22)20-15(23)11(3)19-12-4-5-13-16-9-18-21(13)8-12/h6-7,9-12,19H,4-5,8H2,1-3H3,(H,20,23). The molecule has 1 aliphatic heterocycles. The summed E-state index contributed by atoms with van der Waals surface area (Å²) in [5, 5.41) is 14.7. The van der Waals surface area contributed by atoms with Gasteiger partial charge in [0.1, 0.15) is 18.0 Å². The van der Waals surface area contributed by atoms with E-state index >= 15 is 0 Å². The van der Waals surface area contributed by atoms with E-state index < -0.39 is 0 Å². The Balaban J connectivity index is 1.57. The number of nitrogens with zero attached hydrogens (tertiary/aromatic N) is 5. The first-order chi connectivity index (χ1) is 11.0. The van der Waals surface area contributed by atoms with Crippen LogP contribution in [0.1, 0.15) is 39.1 Å². The van der Waals surface area contributed by atoms with Crippen LogP contribution in [0.2, 0.25) is 0 Å². The Labute approximate surface area is 135 Å². The Hall–Kier alpha value is -2.22. The summed E-state index contributed by atoms with van der Waals surface area (Å²) in [4.78, 5) is 16.6. The molecule has 0 spiro atoms. The van der Waals surface area contributed by atoms with Crippen LogP contribution in [0.4, 0.5) is 5.82 Å². The maximum Gasteiger partial charge on any atom is 0.242 e. The Bertz CT molecular complexity index is 675. The van der Waals surface area contributed by atoms with Gasteiger partial charge in [-0.15, -0.1) is 0 Å². The summed E-state index contributed by atoms with van der Waals surface area (Å²) >= 11 is 0. The normalized spacial score (nSPS) is 18.7. The smallest absolute Gasteiger partial charge is 0.242 e. The van der Waals surface area contributed by atoms with Crippen molar-refractivity contribution in [2.75, 3.05) is 5.32 Å². The summed E-state index contributed by atoms with van der Waals surface area (Å²) in [6.07, 6.45) is 5.12. The second-order valence-corrected chi connectivity index (χ2v) is 6.23. The number of hydrogen-bond donors (Lipinski definition) is 2. The Morgan fingerprint density at radius 3 is 2.96 bits per heavy atom. The molecule has 2 aromatic rings. The van der Waals surface area contributed by atoms with Crippen LogP contribution in [0.3, 0.4) is 0 Å². The van der Waals surface area contributed by atoms with Crippen molar-refractivity contribution < 1.29 is 4.79 Å². The number of rotatable bonds is 5. The number of carbonyl (C=O) groups is 1. The fraction of sp³-hybridized carbons (Fsp3) is 0.600. The minimum atomic E-state index is -0.291. The third-order valence-electron chi connectivity index (χ3n) is 4.10. The average molecular weight is 317 g/mol. The Morgan fingerprint density at radius 1 is 1.35 bits per heavy atom. The van der Waals surface area contributed by atoms with E-state index in [2.05, 4.69) is 25.8 Å². The maximum absolute atomic E-state index is 12.4. The number of aromatic nitrogens is 5. The molecule has 3 rings (SSSR count). The molecule has 2 N–H and O–H groups in total. The van der Waals surface area contributed by atoms with Gasteiger partial charge in [-0.1, -0.05) is 0 Å². The van der Waals surface area contributed by atoms with E-state index in [-0.39, 0.29) is 24.0 Å². The van der Waals surface area contributed by atoms with E-state index in [1.54, 1.807) is 17.2 Å². The molecule has 2 unspecified atom stereocenters. The van der Waals surface area contributed by atoms with Crippen molar-refractivity contribution in [3.05, 3.63) is 24.4 Å². The summed E-state index contributed by atoms with van der Waals surface area (Å²) in [5.74, 6) is 1.68. The molecule has 8 heteroatoms. The molecule has 2 atom stereocenters. The summed E-state index contributed by atoms with van der Waals surface area (Å²) < 4.78 is 3.70. The molecule has 0 aromatic carbocycles. The molecule has 0 bridgehead atoms. The van der Waals surface area contributed by atoms with Gasteiger partial charge in [0, 0.05) is 24.6 Å². The van der Waals surface area contributed by atoms with Crippen LogP contribution in [0, 0.1) is 0 Å². The number of aryl methyl sites for hydroxylation is 1. The number of hydrogen-bond acceptors (Lipinski definition) is 5. The molecule has 0 saturated heterocycles. The van der Waals surface area contributed by atoms with Gasteiger partial charge >= 0.3 is 0 Å². The van der Waals surface area contributed by atoms with Gasteiger partial charge in [-0.2, -0.15) is 10.2 Å². The zero-order chi connectivity index (χ0) is 16.4. The molecule has 2 aromatic heterocycles. The second-order valence-electron chi connectivity index (χ2n) is 6.23. The van der Waals surface area contributed by atoms with Crippen LogP contribution in [0.5, 0.6) is 0 Å². The van der Waals surface area contributed by atoms with E-state index in [9.17, 15) is 4.79 Å². The van der Waals surface area contributed by atoms with Crippen molar-refractivity contribution in [2.24, 2.45) is 0 Å². The SMILES string of the molecule is CC(NC1CCc2ncnn2C1)C(=O)Nc1ccnn1C(C)C. The van der Waals surface area contributed by atoms with Gasteiger partial charge < -0.3 is 10.6 Å². The minimum Gasteiger partial charge on any atom is -0.310 e. The predicted octanol–water partition coefficient (Wildman–Crippen LogP) is 0.987. The Morgan fingerprint density at radius 2 is 2.17 bits per heavy atom. The van der Waals surface area contributed by atoms with Crippen LogP contribution < -0.4 is 10.6 Å². The highest BCUT2D eigenvalue weighted by molar-refractivity contribution is 5.93. The number of carbonyl (C=O) groups excluding carboxylic acids is 1. The molecular weight excluding hydrogens is 294 g/mol. The van der Waals surface area contributed by atoms with Crippen molar-refractivity contribution >= 4 is 11.7 Å². The minimum absolute atomic E-state index is 0.0585. The van der Waals surface area contributed by atoms with Gasteiger partial charge in [0.25, 0.3) is 0 Å². The van der Waals surface area contributed by atoms with Crippen molar-refractivity contribution in [2.45, 2.75) is 58.3 Å². The fourth-order valence-electron chi connectivity index (χ4n) is 2.86. The molecule has 3 heterocycles. The van der Waals surface area contributed by atoms with Gasteiger partial charge in [-0.25, -0.2) is 14.3 Å². The quantitative estimate of drug-likeness (QED) is 0.858. The topological polar surface area (TPSA) is 89.7 Å². The largest absolute Gasteiger partial charge is 0.310 e. The first-order valence-electron chi connectivity index (χ1n) is 8.01. The lowest BCUT2D eigenvalue weighted by molar-refractivity contribution is -0.118. The van der Waals surface area contributed by atoms with Crippen molar-refractivity contribution in [1.82, 2.24) is 29.9 Å². The zero-order valence-corrected chi connectivity index (χ0v) is 13.7. The van der Waals surface area contributed by atoms with E-state index in [1.807, 2.05) is 31.5 Å². The van der Waals surface area contributed by atoms with E-state index in [4.69, 9.17) is 0 Å². The van der Waals surface area contributed by atoms with Gasteiger partial charge in [-0.05, 0) is 27.2 Å². The van der Waals surface area contributed by atoms with E-state index in [1.165, 1.54) is 0 Å². The van der Waals surface area contributed by atoms with Gasteiger partial charge in [0.15, 0.2) is 0 Å². The van der Waals surface area contributed by atoms with E-state index in [0.717, 1.165) is 31.0 Å². The lowest BCUT2D eigenvalue weighted by atomic mass is 10.1. The Kier molecular flexibility index (Phi) is 4.42. The molecular formula is C15H23N7O. The van der Waals surface area contributed by atoms with Crippen molar-refractivity contribution in [1.29, 1.82) is 0 Å². The molecule has 0 radical (unpaired) electrons. The molecule has 1 aliphatic rings.